The smallest absolute Gasteiger partial charge is 0.214 e. The van der Waals surface area contributed by atoms with Crippen molar-refractivity contribution in [3.63, 3.8) is 0 Å². The molecule has 0 unspecified atom stereocenters. The van der Waals surface area contributed by atoms with E-state index in [4.69, 9.17) is 17.3 Å². The Hall–Kier alpha value is -1.59. The first-order valence-corrected chi connectivity index (χ1v) is 6.25. The van der Waals surface area contributed by atoms with Crippen LogP contribution in [-0.2, 0) is 6.42 Å². The van der Waals surface area contributed by atoms with Gasteiger partial charge in [0.2, 0.25) is 4.96 Å². The van der Waals surface area contributed by atoms with Gasteiger partial charge < -0.3 is 5.73 Å². The molecule has 0 atom stereocenters. The van der Waals surface area contributed by atoms with E-state index in [1.807, 2.05) is 24.3 Å². The minimum atomic E-state index is 0.502. The predicted octanol–water partition coefficient (Wildman–Crippen LogP) is 2.62. The van der Waals surface area contributed by atoms with E-state index in [1.165, 1.54) is 5.56 Å². The molecule has 0 bridgehead atoms. The first-order valence-electron chi connectivity index (χ1n) is 5.06. The molecule has 0 aliphatic carbocycles. The van der Waals surface area contributed by atoms with E-state index in [0.29, 0.717) is 5.82 Å². The van der Waals surface area contributed by atoms with Crippen molar-refractivity contribution in [1.29, 1.82) is 0 Å². The molecule has 1 aromatic carbocycles. The van der Waals surface area contributed by atoms with Crippen molar-refractivity contribution in [3.8, 4) is 0 Å². The van der Waals surface area contributed by atoms with E-state index in [1.54, 1.807) is 22.0 Å². The maximum absolute atomic E-state index is 5.84. The molecule has 0 amide bonds. The summed E-state index contributed by atoms with van der Waals surface area (Å²) in [6.07, 6.45) is 2.50. The number of nitrogen functional groups attached to an aromatic ring is 1. The minimum Gasteiger partial charge on any atom is -0.382 e. The quantitative estimate of drug-likeness (QED) is 0.774. The van der Waals surface area contributed by atoms with Gasteiger partial charge in [0.1, 0.15) is 10.8 Å². The zero-order valence-electron chi connectivity index (χ0n) is 8.80. The summed E-state index contributed by atoms with van der Waals surface area (Å²) >= 11 is 7.38. The molecule has 0 aliphatic rings. The van der Waals surface area contributed by atoms with Crippen molar-refractivity contribution in [2.45, 2.75) is 6.42 Å². The predicted molar refractivity (Wildman–Crippen MR) is 69.5 cm³/mol. The summed E-state index contributed by atoms with van der Waals surface area (Å²) in [5.41, 5.74) is 6.75. The Morgan fingerprint density at radius 1 is 1.29 bits per heavy atom. The maximum Gasteiger partial charge on any atom is 0.214 e. The molecule has 17 heavy (non-hydrogen) atoms. The average molecular weight is 265 g/mol. The van der Waals surface area contributed by atoms with Crippen molar-refractivity contribution in [2.24, 2.45) is 0 Å². The summed E-state index contributed by atoms with van der Waals surface area (Å²) in [6, 6.07) is 7.77. The molecule has 0 fully saturated rings. The van der Waals surface area contributed by atoms with Gasteiger partial charge in [0.25, 0.3) is 0 Å². The number of imidazole rings is 1. The van der Waals surface area contributed by atoms with Gasteiger partial charge in [0.15, 0.2) is 0 Å². The molecule has 4 nitrogen and oxygen atoms in total. The SMILES string of the molecule is Nc1cn2nc(Cc3ccc(Cl)cc3)sc2n1. The first kappa shape index (κ1) is 10.6. The average Bonchev–Trinajstić information content (AvgIpc) is 2.78. The number of aromatic nitrogens is 3. The molecule has 6 heteroatoms. The highest BCUT2D eigenvalue weighted by Crippen LogP contribution is 2.19. The van der Waals surface area contributed by atoms with Crippen LogP contribution in [0.15, 0.2) is 30.5 Å². The Morgan fingerprint density at radius 3 is 2.76 bits per heavy atom. The molecule has 0 radical (unpaired) electrons. The molecule has 3 aromatic rings. The Kier molecular flexibility index (Phi) is 2.49. The second-order valence-corrected chi connectivity index (χ2v) is 5.17. The third-order valence-electron chi connectivity index (χ3n) is 2.37. The standard InChI is InChI=1S/C11H9ClN4S/c12-8-3-1-7(2-4-8)5-10-15-16-6-9(13)14-11(16)17-10/h1-4,6H,5,13H2. The van der Waals surface area contributed by atoms with Gasteiger partial charge in [-0.15, -0.1) is 0 Å². The molecule has 0 spiro atoms. The van der Waals surface area contributed by atoms with Gasteiger partial charge in [-0.25, -0.2) is 9.50 Å². The molecule has 2 aromatic heterocycles. The second kappa shape index (κ2) is 4.01. The van der Waals surface area contributed by atoms with Crippen LogP contribution in [0.3, 0.4) is 0 Å². The normalized spacial score (nSPS) is 11.1. The van der Waals surface area contributed by atoms with Crippen LogP contribution in [0.4, 0.5) is 5.82 Å². The fraction of sp³-hybridized carbons (Fsp3) is 0.0909. The first-order chi connectivity index (χ1) is 8.20. The van der Waals surface area contributed by atoms with Gasteiger partial charge in [-0.2, -0.15) is 5.10 Å². The third kappa shape index (κ3) is 2.11. The molecule has 0 aliphatic heterocycles. The topological polar surface area (TPSA) is 56.2 Å². The van der Waals surface area contributed by atoms with Crippen molar-refractivity contribution >= 4 is 33.7 Å². The van der Waals surface area contributed by atoms with Gasteiger partial charge in [-0.3, -0.25) is 0 Å². The summed E-state index contributed by atoms with van der Waals surface area (Å²) in [5.74, 6) is 0.502. The number of anilines is 1. The number of halogens is 1. The molecule has 2 N–H and O–H groups in total. The molecule has 0 saturated heterocycles. The molecule has 86 valence electrons. The Bertz CT molecular complexity index is 624. The number of hydrogen-bond acceptors (Lipinski definition) is 4. The highest BCUT2D eigenvalue weighted by molar-refractivity contribution is 7.16. The fourth-order valence-corrected chi connectivity index (χ4v) is 2.65. The van der Waals surface area contributed by atoms with Crippen molar-refractivity contribution in [1.82, 2.24) is 14.6 Å². The minimum absolute atomic E-state index is 0.502. The number of nitrogens with zero attached hydrogens (tertiary/aromatic N) is 3. The van der Waals surface area contributed by atoms with Gasteiger partial charge in [0, 0.05) is 11.4 Å². The van der Waals surface area contributed by atoms with Crippen molar-refractivity contribution in [3.05, 3.63) is 46.1 Å². The molecule has 0 saturated carbocycles. The lowest BCUT2D eigenvalue weighted by Crippen LogP contribution is -1.89. The number of nitrogens with two attached hydrogens (primary N) is 1. The van der Waals surface area contributed by atoms with E-state index < -0.39 is 0 Å². The molecule has 3 rings (SSSR count). The number of rotatable bonds is 2. The summed E-state index contributed by atoms with van der Waals surface area (Å²) in [7, 11) is 0. The van der Waals surface area contributed by atoms with Gasteiger partial charge in [-0.1, -0.05) is 35.1 Å². The summed E-state index contributed by atoms with van der Waals surface area (Å²) in [5, 5.41) is 6.17. The number of fused-ring (bicyclic) bond motifs is 1. The van der Waals surface area contributed by atoms with Gasteiger partial charge in [-0.05, 0) is 17.7 Å². The van der Waals surface area contributed by atoms with Gasteiger partial charge in [0.05, 0.1) is 6.20 Å². The zero-order valence-corrected chi connectivity index (χ0v) is 10.4. The Balaban J connectivity index is 1.89. The van der Waals surface area contributed by atoms with Crippen molar-refractivity contribution in [2.75, 3.05) is 5.73 Å². The van der Waals surface area contributed by atoms with Gasteiger partial charge >= 0.3 is 0 Å². The lowest BCUT2D eigenvalue weighted by Gasteiger charge is -1.96. The third-order valence-corrected chi connectivity index (χ3v) is 3.55. The molecular weight excluding hydrogens is 256 g/mol. The summed E-state index contributed by atoms with van der Waals surface area (Å²) in [4.78, 5) is 4.99. The van der Waals surface area contributed by atoms with E-state index in [2.05, 4.69) is 10.1 Å². The Morgan fingerprint density at radius 2 is 2.06 bits per heavy atom. The van der Waals surface area contributed by atoms with Crippen LogP contribution in [0.5, 0.6) is 0 Å². The highest BCUT2D eigenvalue weighted by Gasteiger charge is 2.07. The van der Waals surface area contributed by atoms with Crippen LogP contribution in [0.2, 0.25) is 5.02 Å². The molecular formula is C11H9ClN4S. The lowest BCUT2D eigenvalue weighted by atomic mass is 10.2. The largest absolute Gasteiger partial charge is 0.382 e. The summed E-state index contributed by atoms with van der Waals surface area (Å²) < 4.78 is 1.71. The zero-order chi connectivity index (χ0) is 11.8. The van der Waals surface area contributed by atoms with E-state index in [9.17, 15) is 0 Å². The monoisotopic (exact) mass is 264 g/mol. The summed E-state index contributed by atoms with van der Waals surface area (Å²) in [6.45, 7) is 0. The van der Waals surface area contributed by atoms with Crippen LogP contribution in [0.1, 0.15) is 10.6 Å². The molecule has 2 heterocycles. The van der Waals surface area contributed by atoms with Crippen LogP contribution >= 0.6 is 22.9 Å². The highest BCUT2D eigenvalue weighted by atomic mass is 35.5. The van der Waals surface area contributed by atoms with Crippen LogP contribution in [0, 0.1) is 0 Å². The van der Waals surface area contributed by atoms with Crippen LogP contribution in [-0.4, -0.2) is 14.6 Å². The van der Waals surface area contributed by atoms with E-state index in [0.717, 1.165) is 21.4 Å². The fourth-order valence-electron chi connectivity index (χ4n) is 1.61. The van der Waals surface area contributed by atoms with E-state index >= 15 is 0 Å². The second-order valence-electron chi connectivity index (χ2n) is 3.69. The Labute approximate surface area is 107 Å². The van der Waals surface area contributed by atoms with Crippen molar-refractivity contribution < 1.29 is 0 Å². The lowest BCUT2D eigenvalue weighted by molar-refractivity contribution is 0.922. The van der Waals surface area contributed by atoms with Crippen LogP contribution < -0.4 is 5.73 Å². The van der Waals surface area contributed by atoms with E-state index in [-0.39, 0.29) is 0 Å². The number of benzene rings is 1. The van der Waals surface area contributed by atoms with Crippen LogP contribution in [0.25, 0.3) is 4.96 Å². The number of hydrogen-bond donors (Lipinski definition) is 1. The maximum atomic E-state index is 5.84.